The molecule has 3 saturated carbocycles. The summed E-state index contributed by atoms with van der Waals surface area (Å²) in [5, 5.41) is 21.8. The van der Waals surface area contributed by atoms with Gasteiger partial charge in [-0.1, -0.05) is 25.5 Å². The Bertz CT molecular complexity index is 724. The highest BCUT2D eigenvalue weighted by atomic mass is 16.5. The van der Waals surface area contributed by atoms with Gasteiger partial charge >= 0.3 is 5.97 Å². The summed E-state index contributed by atoms with van der Waals surface area (Å²) in [6.07, 6.45) is 7.89. The lowest BCUT2D eigenvalue weighted by Crippen LogP contribution is -2.57. The van der Waals surface area contributed by atoms with Gasteiger partial charge in [0.15, 0.2) is 11.9 Å². The normalized spacial score (nSPS) is 46.8. The maximum absolute atomic E-state index is 12.0. The summed E-state index contributed by atoms with van der Waals surface area (Å²) < 4.78 is 4.78. The number of aliphatic hydroxyl groups excluding tert-OH is 2. The molecule has 8 atom stereocenters. The summed E-state index contributed by atoms with van der Waals surface area (Å²) in [5.74, 6) is 0.0483. The molecular weight excluding hydrogens is 344 g/mol. The van der Waals surface area contributed by atoms with Crippen molar-refractivity contribution < 1.29 is 24.5 Å². The number of aliphatic hydroxyl groups is 2. The molecule has 5 nitrogen and oxygen atoms in total. The number of carbonyl (C=O) groups is 2. The number of ether oxygens (including phenoxy) is 1. The Morgan fingerprint density at radius 3 is 2.74 bits per heavy atom. The zero-order valence-electron chi connectivity index (χ0n) is 16.4. The van der Waals surface area contributed by atoms with Crippen molar-refractivity contribution in [2.24, 2.45) is 34.5 Å². The van der Waals surface area contributed by atoms with Crippen molar-refractivity contribution >= 4 is 11.8 Å². The molecule has 0 spiro atoms. The Balaban J connectivity index is 1.68. The smallest absolute Gasteiger partial charge is 0.334 e. The molecule has 0 aromatic heterocycles. The van der Waals surface area contributed by atoms with Crippen LogP contribution in [0.2, 0.25) is 0 Å². The molecule has 1 unspecified atom stereocenters. The van der Waals surface area contributed by atoms with Crippen LogP contribution < -0.4 is 0 Å². The zero-order chi connectivity index (χ0) is 19.6. The standard InChI is InChI=1S/C22H30O5/c1-21-9-8-13(23)10-12(21)4-5-14-15-6-7-16(19(25)20(26)27-3)22(15,2)11-17(24)18(14)21/h8-10,14-19,24-25H,4-7,11H2,1-3H3/t14-,15-,16+,17-,18+,19?,21-,22-/m0/s1. The van der Waals surface area contributed by atoms with Gasteiger partial charge in [-0.25, -0.2) is 4.79 Å². The van der Waals surface area contributed by atoms with Gasteiger partial charge in [0.2, 0.25) is 0 Å². The zero-order valence-corrected chi connectivity index (χ0v) is 16.4. The third-order valence-corrected chi connectivity index (χ3v) is 8.39. The molecule has 4 aliphatic rings. The topological polar surface area (TPSA) is 83.8 Å². The maximum atomic E-state index is 12.0. The first kappa shape index (κ1) is 18.9. The molecule has 148 valence electrons. The minimum atomic E-state index is -1.13. The summed E-state index contributed by atoms with van der Waals surface area (Å²) >= 11 is 0. The number of hydrogen-bond acceptors (Lipinski definition) is 5. The van der Waals surface area contributed by atoms with Crippen LogP contribution in [0.4, 0.5) is 0 Å². The van der Waals surface area contributed by atoms with Gasteiger partial charge in [-0.15, -0.1) is 0 Å². The van der Waals surface area contributed by atoms with Crippen LogP contribution in [0.3, 0.4) is 0 Å². The third kappa shape index (κ3) is 2.58. The summed E-state index contributed by atoms with van der Waals surface area (Å²) in [7, 11) is 1.30. The van der Waals surface area contributed by atoms with E-state index in [4.69, 9.17) is 4.74 Å². The van der Waals surface area contributed by atoms with Gasteiger partial charge in [0, 0.05) is 17.3 Å². The second-order valence-corrected chi connectivity index (χ2v) is 9.45. The molecule has 0 bridgehead atoms. The van der Waals surface area contributed by atoms with E-state index >= 15 is 0 Å². The van der Waals surface area contributed by atoms with E-state index in [0.717, 1.165) is 31.3 Å². The van der Waals surface area contributed by atoms with Crippen LogP contribution in [0.25, 0.3) is 0 Å². The van der Waals surface area contributed by atoms with E-state index in [1.54, 1.807) is 12.2 Å². The first-order valence-corrected chi connectivity index (χ1v) is 10.1. The van der Waals surface area contributed by atoms with E-state index in [-0.39, 0.29) is 28.4 Å². The molecule has 27 heavy (non-hydrogen) atoms. The van der Waals surface area contributed by atoms with Crippen molar-refractivity contribution in [2.75, 3.05) is 7.11 Å². The first-order valence-electron chi connectivity index (χ1n) is 10.1. The monoisotopic (exact) mass is 374 g/mol. The molecule has 0 aromatic carbocycles. The molecule has 4 aliphatic carbocycles. The van der Waals surface area contributed by atoms with E-state index in [1.807, 2.05) is 6.08 Å². The molecule has 0 aromatic rings. The van der Waals surface area contributed by atoms with Gasteiger partial charge in [-0.2, -0.15) is 0 Å². The predicted molar refractivity (Wildman–Crippen MR) is 99.5 cm³/mol. The van der Waals surface area contributed by atoms with E-state index in [0.29, 0.717) is 18.3 Å². The number of esters is 1. The number of ketones is 1. The highest BCUT2D eigenvalue weighted by molar-refractivity contribution is 6.01. The molecular formula is C22H30O5. The average molecular weight is 374 g/mol. The molecule has 0 radical (unpaired) electrons. The minimum Gasteiger partial charge on any atom is -0.467 e. The largest absolute Gasteiger partial charge is 0.467 e. The van der Waals surface area contributed by atoms with Crippen molar-refractivity contribution in [2.45, 2.75) is 58.2 Å². The second-order valence-electron chi connectivity index (χ2n) is 9.45. The van der Waals surface area contributed by atoms with Crippen molar-refractivity contribution in [1.82, 2.24) is 0 Å². The van der Waals surface area contributed by atoms with Gasteiger partial charge in [0.1, 0.15) is 0 Å². The summed E-state index contributed by atoms with van der Waals surface area (Å²) in [6, 6.07) is 0. The van der Waals surface area contributed by atoms with E-state index in [2.05, 4.69) is 13.8 Å². The molecule has 3 fully saturated rings. The number of rotatable bonds is 2. The second kappa shape index (κ2) is 6.28. The number of allylic oxidation sites excluding steroid dienone is 4. The highest BCUT2D eigenvalue weighted by Crippen LogP contribution is 2.66. The first-order chi connectivity index (χ1) is 12.7. The number of fused-ring (bicyclic) bond motifs is 5. The maximum Gasteiger partial charge on any atom is 0.334 e. The van der Waals surface area contributed by atoms with Crippen molar-refractivity contribution in [3.8, 4) is 0 Å². The number of methoxy groups -OCH3 is 1. The Kier molecular flexibility index (Phi) is 4.39. The van der Waals surface area contributed by atoms with Gasteiger partial charge in [-0.05, 0) is 61.5 Å². The lowest BCUT2D eigenvalue weighted by molar-refractivity contribution is -0.163. The summed E-state index contributed by atoms with van der Waals surface area (Å²) in [6.45, 7) is 4.29. The number of hydrogen-bond donors (Lipinski definition) is 2. The highest BCUT2D eigenvalue weighted by Gasteiger charge is 2.63. The average Bonchev–Trinajstić information content (AvgIpc) is 2.97. The molecule has 2 N–H and O–H groups in total. The Morgan fingerprint density at radius 1 is 1.30 bits per heavy atom. The lowest BCUT2D eigenvalue weighted by atomic mass is 9.46. The molecule has 0 amide bonds. The quantitative estimate of drug-likeness (QED) is 0.725. The lowest BCUT2D eigenvalue weighted by Gasteiger charge is -2.59. The molecule has 5 heteroatoms. The Morgan fingerprint density at radius 2 is 2.04 bits per heavy atom. The van der Waals surface area contributed by atoms with Crippen molar-refractivity contribution in [3.63, 3.8) is 0 Å². The fraction of sp³-hybridized carbons (Fsp3) is 0.727. The Hall–Kier alpha value is -1.46. The molecule has 0 saturated heterocycles. The van der Waals surface area contributed by atoms with Crippen LogP contribution >= 0.6 is 0 Å². The van der Waals surface area contributed by atoms with Gasteiger partial charge in [0.05, 0.1) is 13.2 Å². The van der Waals surface area contributed by atoms with Crippen LogP contribution in [0.5, 0.6) is 0 Å². The van der Waals surface area contributed by atoms with Gasteiger partial charge in [0.25, 0.3) is 0 Å². The van der Waals surface area contributed by atoms with Crippen LogP contribution in [-0.4, -0.2) is 41.3 Å². The minimum absolute atomic E-state index is 0.0400. The molecule has 4 rings (SSSR count). The van der Waals surface area contributed by atoms with E-state index in [1.165, 1.54) is 7.11 Å². The van der Waals surface area contributed by atoms with Crippen LogP contribution in [0.15, 0.2) is 23.8 Å². The summed E-state index contributed by atoms with van der Waals surface area (Å²) in [4.78, 5) is 23.8. The van der Waals surface area contributed by atoms with Crippen LogP contribution in [-0.2, 0) is 14.3 Å². The SMILES string of the molecule is COC(=O)C(O)[C@H]1CC[C@H]2[C@@H]3CCC4=CC(=O)C=C[C@]4(C)[C@H]3[C@@H](O)C[C@]12C. The van der Waals surface area contributed by atoms with Gasteiger partial charge in [-0.3, -0.25) is 4.79 Å². The van der Waals surface area contributed by atoms with Gasteiger partial charge < -0.3 is 14.9 Å². The molecule has 0 aliphatic heterocycles. The van der Waals surface area contributed by atoms with Crippen LogP contribution in [0, 0.1) is 34.5 Å². The fourth-order valence-electron chi connectivity index (χ4n) is 7.17. The summed E-state index contributed by atoms with van der Waals surface area (Å²) in [5.41, 5.74) is 0.583. The fourth-order valence-corrected chi connectivity index (χ4v) is 7.17. The van der Waals surface area contributed by atoms with E-state index in [9.17, 15) is 19.8 Å². The predicted octanol–water partition coefficient (Wildman–Crippen LogP) is 2.42. The van der Waals surface area contributed by atoms with Crippen molar-refractivity contribution in [1.29, 1.82) is 0 Å². The molecule has 0 heterocycles. The van der Waals surface area contributed by atoms with Crippen LogP contribution in [0.1, 0.15) is 46.0 Å². The Labute approximate surface area is 160 Å². The third-order valence-electron chi connectivity index (χ3n) is 8.39. The number of carbonyl (C=O) groups excluding carboxylic acids is 2. The van der Waals surface area contributed by atoms with E-state index < -0.39 is 18.2 Å². The van der Waals surface area contributed by atoms with Crippen molar-refractivity contribution in [3.05, 3.63) is 23.8 Å².